The maximum Gasteiger partial charge on any atom is 0.270 e. The Bertz CT molecular complexity index is 580. The number of ether oxygens (including phenoxy) is 1. The molecule has 0 aromatic carbocycles. The summed E-state index contributed by atoms with van der Waals surface area (Å²) in [6.45, 7) is 0. The summed E-state index contributed by atoms with van der Waals surface area (Å²) in [5, 5.41) is 12.3. The van der Waals surface area contributed by atoms with Crippen molar-refractivity contribution in [1.82, 2.24) is 4.98 Å². The molecule has 0 radical (unpaired) electrons. The van der Waals surface area contributed by atoms with Crippen LogP contribution in [-0.2, 0) is 10.0 Å². The molecule has 0 fully saturated rings. The number of primary sulfonamides is 1. The molecular formula is C8H7F2N3O3S. The number of nitriles is 1. The third-order valence-corrected chi connectivity index (χ3v) is 2.66. The molecule has 0 bridgehead atoms. The van der Waals surface area contributed by atoms with E-state index in [0.29, 0.717) is 0 Å². The smallest absolute Gasteiger partial charge is 0.270 e. The van der Waals surface area contributed by atoms with Crippen LogP contribution >= 0.6 is 0 Å². The third-order valence-electron chi connectivity index (χ3n) is 1.81. The van der Waals surface area contributed by atoms with Gasteiger partial charge in [-0.2, -0.15) is 5.26 Å². The van der Waals surface area contributed by atoms with Crippen molar-refractivity contribution < 1.29 is 21.9 Å². The minimum Gasteiger partial charge on any atom is -0.496 e. The van der Waals surface area contributed by atoms with Gasteiger partial charge in [-0.3, -0.25) is 0 Å². The predicted molar refractivity (Wildman–Crippen MR) is 51.8 cm³/mol. The van der Waals surface area contributed by atoms with Crippen LogP contribution < -0.4 is 9.88 Å². The summed E-state index contributed by atoms with van der Waals surface area (Å²) in [4.78, 5) is 3.26. The van der Waals surface area contributed by atoms with Crippen molar-refractivity contribution in [2.24, 2.45) is 5.14 Å². The predicted octanol–water partition coefficient (Wildman–Crippen LogP) is 0.547. The Morgan fingerprint density at radius 3 is 2.53 bits per heavy atom. The topological polar surface area (TPSA) is 106 Å². The van der Waals surface area contributed by atoms with E-state index in [0.717, 1.165) is 13.2 Å². The van der Waals surface area contributed by atoms with Gasteiger partial charge in [0.2, 0.25) is 0 Å². The van der Waals surface area contributed by atoms with Crippen LogP contribution in [0.3, 0.4) is 0 Å². The fraction of sp³-hybridized carbons (Fsp3) is 0.250. The lowest BCUT2D eigenvalue weighted by Crippen LogP contribution is -2.18. The maximum absolute atomic E-state index is 12.7. The molecule has 2 N–H and O–H groups in total. The Balaban J connectivity index is 3.72. The van der Waals surface area contributed by atoms with E-state index in [1.54, 1.807) is 0 Å². The zero-order valence-electron chi connectivity index (χ0n) is 8.52. The highest BCUT2D eigenvalue weighted by Gasteiger charge is 2.27. The average molecular weight is 263 g/mol. The van der Waals surface area contributed by atoms with E-state index < -0.39 is 32.8 Å². The Morgan fingerprint density at radius 2 is 2.18 bits per heavy atom. The van der Waals surface area contributed by atoms with Crippen molar-refractivity contribution in [2.45, 2.75) is 11.5 Å². The maximum atomic E-state index is 12.7. The van der Waals surface area contributed by atoms with Crippen LogP contribution in [0.4, 0.5) is 8.78 Å². The Labute approximate surface area is 95.7 Å². The lowest BCUT2D eigenvalue weighted by molar-refractivity contribution is 0.142. The van der Waals surface area contributed by atoms with Gasteiger partial charge in [0.1, 0.15) is 17.5 Å². The molecule has 0 atom stereocenters. The molecule has 0 aliphatic heterocycles. The van der Waals surface area contributed by atoms with Gasteiger partial charge in [-0.05, 0) is 0 Å². The molecule has 1 rings (SSSR count). The first-order chi connectivity index (χ1) is 7.81. The van der Waals surface area contributed by atoms with Gasteiger partial charge in [-0.15, -0.1) is 0 Å². The van der Waals surface area contributed by atoms with E-state index in [4.69, 9.17) is 10.4 Å². The number of rotatable bonds is 3. The summed E-state index contributed by atoms with van der Waals surface area (Å²) in [5.41, 5.74) is -1.33. The van der Waals surface area contributed by atoms with Crippen molar-refractivity contribution in [2.75, 3.05) is 7.11 Å². The first kappa shape index (κ1) is 13.3. The number of halogens is 2. The van der Waals surface area contributed by atoms with Crippen molar-refractivity contribution >= 4 is 10.0 Å². The summed E-state index contributed by atoms with van der Waals surface area (Å²) < 4.78 is 52.3. The molecular weight excluding hydrogens is 256 g/mol. The first-order valence-electron chi connectivity index (χ1n) is 4.11. The van der Waals surface area contributed by atoms with Gasteiger partial charge in [-0.25, -0.2) is 27.3 Å². The normalized spacial score (nSPS) is 11.3. The molecule has 1 heterocycles. The molecule has 9 heteroatoms. The molecule has 17 heavy (non-hydrogen) atoms. The summed E-state index contributed by atoms with van der Waals surface area (Å²) in [6.07, 6.45) is -3.14. The molecule has 0 aliphatic rings. The molecule has 6 nitrogen and oxygen atoms in total. The highest BCUT2D eigenvalue weighted by Crippen LogP contribution is 2.33. The number of nitrogens with two attached hydrogens (primary N) is 1. The number of sulfonamides is 1. The molecule has 0 saturated heterocycles. The van der Waals surface area contributed by atoms with Gasteiger partial charge < -0.3 is 4.74 Å². The molecule has 0 saturated carbocycles. The second-order valence-electron chi connectivity index (χ2n) is 2.89. The van der Waals surface area contributed by atoms with Crippen molar-refractivity contribution in [3.8, 4) is 11.8 Å². The second-order valence-corrected chi connectivity index (χ2v) is 4.36. The van der Waals surface area contributed by atoms with Crippen molar-refractivity contribution in [3.63, 3.8) is 0 Å². The minimum atomic E-state index is -4.47. The van der Waals surface area contributed by atoms with E-state index in [-0.39, 0.29) is 5.69 Å². The van der Waals surface area contributed by atoms with E-state index in [1.807, 2.05) is 0 Å². The summed E-state index contributed by atoms with van der Waals surface area (Å²) in [7, 11) is -3.40. The lowest BCUT2D eigenvalue weighted by Gasteiger charge is -2.11. The quantitative estimate of drug-likeness (QED) is 0.856. The number of aromatic nitrogens is 1. The van der Waals surface area contributed by atoms with E-state index in [9.17, 15) is 17.2 Å². The lowest BCUT2D eigenvalue weighted by atomic mass is 10.2. The number of alkyl halides is 2. The monoisotopic (exact) mass is 263 g/mol. The summed E-state index contributed by atoms with van der Waals surface area (Å²) in [5.74, 6) is -0.449. The zero-order valence-corrected chi connectivity index (χ0v) is 9.33. The van der Waals surface area contributed by atoms with Gasteiger partial charge >= 0.3 is 0 Å². The average Bonchev–Trinajstić information content (AvgIpc) is 2.25. The zero-order chi connectivity index (χ0) is 13.2. The number of pyridine rings is 1. The number of methoxy groups -OCH3 is 1. The van der Waals surface area contributed by atoms with E-state index >= 15 is 0 Å². The second kappa shape index (κ2) is 4.60. The molecule has 92 valence electrons. The summed E-state index contributed by atoms with van der Waals surface area (Å²) >= 11 is 0. The number of nitrogens with zero attached hydrogens (tertiary/aromatic N) is 2. The van der Waals surface area contributed by atoms with Crippen LogP contribution in [0, 0.1) is 11.3 Å². The molecule has 0 unspecified atom stereocenters. The van der Waals surface area contributed by atoms with Gasteiger partial charge in [0.15, 0.2) is 5.03 Å². The fourth-order valence-corrected chi connectivity index (χ4v) is 1.87. The van der Waals surface area contributed by atoms with Crippen molar-refractivity contribution in [3.05, 3.63) is 17.3 Å². The Kier molecular flexibility index (Phi) is 3.59. The van der Waals surface area contributed by atoms with Gasteiger partial charge in [0.05, 0.1) is 12.7 Å². The highest BCUT2D eigenvalue weighted by atomic mass is 32.2. The van der Waals surface area contributed by atoms with Gasteiger partial charge in [-0.1, -0.05) is 0 Å². The van der Waals surface area contributed by atoms with Crippen LogP contribution in [0.25, 0.3) is 0 Å². The number of hydrogen-bond acceptors (Lipinski definition) is 5. The third kappa shape index (κ3) is 2.66. The standard InChI is InChI=1S/C8H7F2N3O3S/c1-16-5-2-4(3-11)13-8(17(12,14)15)6(5)7(9)10/h2,7H,1H3,(H2,12,14,15). The van der Waals surface area contributed by atoms with E-state index in [1.165, 1.54) is 6.07 Å². The number of hydrogen-bond donors (Lipinski definition) is 1. The molecule has 1 aromatic rings. The Morgan fingerprint density at radius 1 is 1.59 bits per heavy atom. The van der Waals surface area contributed by atoms with Crippen LogP contribution in [0.5, 0.6) is 5.75 Å². The Hall–Kier alpha value is -1.79. The fourth-order valence-electron chi connectivity index (χ4n) is 1.15. The van der Waals surface area contributed by atoms with Crippen LogP contribution in [0.15, 0.2) is 11.1 Å². The van der Waals surface area contributed by atoms with Crippen LogP contribution in [0.1, 0.15) is 17.7 Å². The minimum absolute atomic E-state index is 0.379. The first-order valence-corrected chi connectivity index (χ1v) is 5.66. The molecule has 0 amide bonds. The SMILES string of the molecule is COc1cc(C#N)nc(S(N)(=O)=O)c1C(F)F. The largest absolute Gasteiger partial charge is 0.496 e. The molecule has 0 aliphatic carbocycles. The molecule has 1 aromatic heterocycles. The summed E-state index contributed by atoms with van der Waals surface area (Å²) in [6, 6.07) is 2.44. The van der Waals surface area contributed by atoms with Gasteiger partial charge in [0, 0.05) is 6.07 Å². The van der Waals surface area contributed by atoms with Crippen LogP contribution in [-0.4, -0.2) is 20.5 Å². The van der Waals surface area contributed by atoms with Gasteiger partial charge in [0.25, 0.3) is 16.4 Å². The van der Waals surface area contributed by atoms with Crippen molar-refractivity contribution in [1.29, 1.82) is 5.26 Å². The highest BCUT2D eigenvalue weighted by molar-refractivity contribution is 7.89. The molecule has 0 spiro atoms. The van der Waals surface area contributed by atoms with E-state index in [2.05, 4.69) is 9.72 Å². The van der Waals surface area contributed by atoms with Crippen LogP contribution in [0.2, 0.25) is 0 Å².